The molecule has 5 N–H and O–H groups in total. The first kappa shape index (κ1) is 37.5. The molecular weight excluding hydrogens is 719 g/mol. The number of carbonyl (C=O) groups excluding carboxylic acids is 2. The van der Waals surface area contributed by atoms with Crippen LogP contribution in [0.5, 0.6) is 23.0 Å². The van der Waals surface area contributed by atoms with Gasteiger partial charge in [-0.25, -0.2) is 0 Å². The van der Waals surface area contributed by atoms with Crippen molar-refractivity contribution in [1.82, 2.24) is 0 Å². The van der Waals surface area contributed by atoms with Crippen molar-refractivity contribution in [3.8, 4) is 23.0 Å². The number of aliphatic hydroxyl groups excluding tert-OH is 3. The molecule has 0 spiro atoms. The van der Waals surface area contributed by atoms with Crippen molar-refractivity contribution >= 4 is 33.5 Å². The summed E-state index contributed by atoms with van der Waals surface area (Å²) < 4.78 is 47.0. The second-order valence-corrected chi connectivity index (χ2v) is 16.3. The van der Waals surface area contributed by atoms with Crippen LogP contribution in [0, 0.1) is 17.8 Å². The Morgan fingerprint density at radius 2 is 1.79 bits per heavy atom. The summed E-state index contributed by atoms with van der Waals surface area (Å²) in [6, 6.07) is 7.11. The van der Waals surface area contributed by atoms with E-state index in [0.717, 1.165) is 11.5 Å². The van der Waals surface area contributed by atoms with Gasteiger partial charge in [0.1, 0.15) is 12.2 Å². The van der Waals surface area contributed by atoms with Gasteiger partial charge >= 0.3 is 11.9 Å². The molecule has 7 rings (SSSR count). The van der Waals surface area contributed by atoms with Gasteiger partial charge in [-0.05, 0) is 60.7 Å². The van der Waals surface area contributed by atoms with Crippen LogP contribution in [0.3, 0.4) is 0 Å². The number of methoxy groups -OCH3 is 1. The molecule has 52 heavy (non-hydrogen) atoms. The summed E-state index contributed by atoms with van der Waals surface area (Å²) in [5, 5.41) is 32.9. The number of cyclic esters (lactones) is 1. The fourth-order valence-electron chi connectivity index (χ4n) is 8.00. The van der Waals surface area contributed by atoms with Gasteiger partial charge in [-0.2, -0.15) is 0 Å². The standard InChI is InChI=1S/C36H45NO13S2/c1-17-44-14-20-10-26(31(40)32(41)34(20)48-17)49-35-22-12-25-24(46-16-47-25)11-21(22)29(30-23(35)15-45-36(30)42)18-8-19(13-38)33(27(9-18)43-2)50-28(39)4-3-6-51-52-7-5-37/h8-9,11-12,17,20,23,26,29-32,34-35,38,40-41H,3-7,10,13-16,37H2,1-2H3/t17?,20?,23-,26?,29+,30-,31?,32?,34?,35+/m0/s1. The molecular formula is C36H45NO13S2. The van der Waals surface area contributed by atoms with Gasteiger partial charge in [-0.3, -0.25) is 9.59 Å². The minimum Gasteiger partial charge on any atom is -0.493 e. The summed E-state index contributed by atoms with van der Waals surface area (Å²) in [4.78, 5) is 26.6. The van der Waals surface area contributed by atoms with Crippen LogP contribution in [0.4, 0.5) is 0 Å². The molecule has 0 aromatic heterocycles. The predicted octanol–water partition coefficient (Wildman–Crippen LogP) is 2.81. The van der Waals surface area contributed by atoms with Gasteiger partial charge in [-0.15, -0.1) is 0 Å². The van der Waals surface area contributed by atoms with E-state index >= 15 is 0 Å². The molecule has 6 unspecified atom stereocenters. The van der Waals surface area contributed by atoms with E-state index in [-0.39, 0.29) is 37.2 Å². The van der Waals surface area contributed by atoms with E-state index in [0.29, 0.717) is 59.7 Å². The van der Waals surface area contributed by atoms with Crippen LogP contribution in [-0.4, -0.2) is 103 Å². The summed E-state index contributed by atoms with van der Waals surface area (Å²) in [6.45, 7) is 2.31. The molecule has 0 radical (unpaired) electrons. The van der Waals surface area contributed by atoms with Gasteiger partial charge in [0.2, 0.25) is 6.79 Å². The van der Waals surface area contributed by atoms with Crippen molar-refractivity contribution in [3.63, 3.8) is 0 Å². The molecule has 0 bridgehead atoms. The van der Waals surface area contributed by atoms with Gasteiger partial charge in [0, 0.05) is 47.8 Å². The molecule has 5 aliphatic rings. The second kappa shape index (κ2) is 16.3. The molecule has 2 aliphatic carbocycles. The zero-order valence-electron chi connectivity index (χ0n) is 29.0. The molecule has 10 atom stereocenters. The Balaban J connectivity index is 1.21. The van der Waals surface area contributed by atoms with Crippen LogP contribution >= 0.6 is 21.6 Å². The van der Waals surface area contributed by atoms with E-state index in [9.17, 15) is 24.9 Å². The number of benzene rings is 2. The van der Waals surface area contributed by atoms with Crippen molar-refractivity contribution in [2.75, 3.05) is 45.2 Å². The summed E-state index contributed by atoms with van der Waals surface area (Å²) in [6.07, 6.45) is -3.91. The van der Waals surface area contributed by atoms with Crippen LogP contribution in [0.2, 0.25) is 0 Å². The summed E-state index contributed by atoms with van der Waals surface area (Å²) in [5.41, 5.74) is 7.90. The van der Waals surface area contributed by atoms with E-state index in [4.69, 9.17) is 43.6 Å². The quantitative estimate of drug-likeness (QED) is 0.101. The van der Waals surface area contributed by atoms with Crippen molar-refractivity contribution in [2.24, 2.45) is 23.5 Å². The third-order valence-corrected chi connectivity index (χ3v) is 12.9. The lowest BCUT2D eigenvalue weighted by atomic mass is 9.66. The third kappa shape index (κ3) is 7.33. The van der Waals surface area contributed by atoms with E-state index in [2.05, 4.69) is 0 Å². The Morgan fingerprint density at radius 1 is 1.02 bits per heavy atom. The zero-order chi connectivity index (χ0) is 36.5. The van der Waals surface area contributed by atoms with E-state index in [1.807, 2.05) is 12.1 Å². The average molecular weight is 764 g/mol. The van der Waals surface area contributed by atoms with Crippen LogP contribution < -0.4 is 24.7 Å². The summed E-state index contributed by atoms with van der Waals surface area (Å²) >= 11 is 0. The monoisotopic (exact) mass is 763 g/mol. The number of carbonyl (C=O) groups is 2. The lowest BCUT2D eigenvalue weighted by Crippen LogP contribution is -2.59. The number of fused-ring (bicyclic) bond motifs is 4. The zero-order valence-corrected chi connectivity index (χ0v) is 30.6. The maximum absolute atomic E-state index is 13.7. The molecule has 0 amide bonds. The fraction of sp³-hybridized carbons (Fsp3) is 0.611. The van der Waals surface area contributed by atoms with Crippen molar-refractivity contribution in [3.05, 3.63) is 46.5 Å². The van der Waals surface area contributed by atoms with Crippen LogP contribution in [0.15, 0.2) is 24.3 Å². The van der Waals surface area contributed by atoms with Crippen LogP contribution in [0.1, 0.15) is 60.5 Å². The molecule has 2 saturated heterocycles. The number of esters is 2. The molecule has 3 aliphatic heterocycles. The van der Waals surface area contributed by atoms with E-state index in [1.165, 1.54) is 7.11 Å². The highest BCUT2D eigenvalue weighted by molar-refractivity contribution is 8.76. The van der Waals surface area contributed by atoms with Crippen LogP contribution in [-0.2, 0) is 35.1 Å². The molecule has 2 aromatic rings. The van der Waals surface area contributed by atoms with Gasteiger partial charge < -0.3 is 58.9 Å². The van der Waals surface area contributed by atoms with Gasteiger partial charge in [0.15, 0.2) is 29.3 Å². The van der Waals surface area contributed by atoms with Gasteiger partial charge in [0.25, 0.3) is 0 Å². The largest absolute Gasteiger partial charge is 0.493 e. The number of hydrogen-bond acceptors (Lipinski definition) is 16. The molecule has 284 valence electrons. The van der Waals surface area contributed by atoms with Crippen molar-refractivity contribution in [1.29, 1.82) is 0 Å². The summed E-state index contributed by atoms with van der Waals surface area (Å²) in [5.74, 6) is 0.00907. The number of rotatable bonds is 13. The van der Waals surface area contributed by atoms with Crippen molar-refractivity contribution in [2.45, 2.75) is 75.5 Å². The van der Waals surface area contributed by atoms with E-state index in [1.54, 1.807) is 40.6 Å². The lowest BCUT2D eigenvalue weighted by molar-refractivity contribution is -0.289. The predicted molar refractivity (Wildman–Crippen MR) is 188 cm³/mol. The Bertz CT molecular complexity index is 1600. The van der Waals surface area contributed by atoms with Gasteiger partial charge in [0.05, 0.1) is 51.2 Å². The third-order valence-electron chi connectivity index (χ3n) is 10.4. The molecule has 16 heteroatoms. The Morgan fingerprint density at radius 3 is 2.54 bits per heavy atom. The molecule has 3 fully saturated rings. The molecule has 2 aromatic carbocycles. The lowest BCUT2D eigenvalue weighted by Gasteiger charge is -2.48. The first-order valence-corrected chi connectivity index (χ1v) is 20.1. The Hall–Kier alpha value is -2.80. The highest BCUT2D eigenvalue weighted by Crippen LogP contribution is 2.57. The number of aliphatic hydroxyl groups is 3. The fourth-order valence-corrected chi connectivity index (χ4v) is 9.95. The van der Waals surface area contributed by atoms with Gasteiger partial charge in [-0.1, -0.05) is 21.6 Å². The van der Waals surface area contributed by atoms with Crippen molar-refractivity contribution < 1.29 is 62.8 Å². The summed E-state index contributed by atoms with van der Waals surface area (Å²) in [7, 11) is 4.76. The van der Waals surface area contributed by atoms with E-state index < -0.39 is 73.1 Å². The SMILES string of the molecule is COc1cc([C@@H]2c3cc4c(cc3[C@@H](OC3CC5COC(C)OC5C(O)C3O)[C@H]3COC(=O)[C@H]23)OCO4)cc(CO)c1OC(=O)CCCSSCCN. The minimum absolute atomic E-state index is 0.0200. The average Bonchev–Trinajstić information content (AvgIpc) is 3.77. The highest BCUT2D eigenvalue weighted by Gasteiger charge is 2.55. The first-order valence-electron chi connectivity index (χ1n) is 17.6. The normalized spacial score (nSPS) is 31.7. The Kier molecular flexibility index (Phi) is 11.7. The highest BCUT2D eigenvalue weighted by atomic mass is 33.1. The maximum Gasteiger partial charge on any atom is 0.311 e. The number of nitrogens with two attached hydrogens (primary N) is 1. The van der Waals surface area contributed by atoms with Crippen LogP contribution in [0.25, 0.3) is 0 Å². The Labute approximate surface area is 309 Å². The number of hydrogen-bond donors (Lipinski definition) is 4. The smallest absolute Gasteiger partial charge is 0.311 e. The molecule has 14 nitrogen and oxygen atoms in total. The maximum atomic E-state index is 13.7. The molecule has 3 heterocycles. The second-order valence-electron chi connectivity index (χ2n) is 13.6. The first-order chi connectivity index (χ1) is 25.2. The topological polar surface area (TPSA) is 195 Å². The number of ether oxygens (including phenoxy) is 8. The minimum atomic E-state index is -1.25. The molecule has 1 saturated carbocycles.